The van der Waals surface area contributed by atoms with Crippen molar-refractivity contribution in [1.82, 2.24) is 0 Å². The molecule has 0 heterocycles. The minimum atomic E-state index is -1.30. The van der Waals surface area contributed by atoms with Gasteiger partial charge < -0.3 is 20.9 Å². The molecule has 1 rings (SSSR count). The van der Waals surface area contributed by atoms with Gasteiger partial charge in [0.2, 0.25) is 0 Å². The molecule has 0 radical (unpaired) electrons. The second kappa shape index (κ2) is 6.39. The second-order valence-electron chi connectivity index (χ2n) is 3.98. The summed E-state index contributed by atoms with van der Waals surface area (Å²) in [4.78, 5) is 10.6. The van der Waals surface area contributed by atoms with Crippen LogP contribution in [-0.4, -0.2) is 34.3 Å². The number of nitrogens with two attached hydrogens (primary N) is 1. The molecule has 0 aliphatic rings. The van der Waals surface area contributed by atoms with Crippen LogP contribution in [0.25, 0.3) is 0 Å². The number of aryl methyl sites for hydroxylation is 1. The first-order valence-corrected chi connectivity index (χ1v) is 5.41. The highest BCUT2D eigenvalue weighted by molar-refractivity contribution is 6.40. The molecule has 0 aromatic heterocycles. The third-order valence-electron chi connectivity index (χ3n) is 2.49. The minimum Gasteiger partial charge on any atom is -0.480 e. The van der Waals surface area contributed by atoms with Crippen LogP contribution in [0, 0.1) is 0 Å². The molecule has 1 aromatic carbocycles. The number of hydrogen-bond acceptors (Lipinski definition) is 4. The highest BCUT2D eigenvalue weighted by Gasteiger charge is 2.12. The zero-order chi connectivity index (χ0) is 12.8. The Labute approximate surface area is 100 Å². The summed E-state index contributed by atoms with van der Waals surface area (Å²) < 4.78 is 0. The van der Waals surface area contributed by atoms with Gasteiger partial charge in [0, 0.05) is 0 Å². The first-order chi connectivity index (χ1) is 7.99. The number of carbonyl (C=O) groups is 1. The van der Waals surface area contributed by atoms with E-state index in [-0.39, 0.29) is 12.7 Å². The van der Waals surface area contributed by atoms with Crippen LogP contribution in [0.3, 0.4) is 0 Å². The fourth-order valence-electron chi connectivity index (χ4n) is 1.48. The van der Waals surface area contributed by atoms with E-state index in [4.69, 9.17) is 20.9 Å². The van der Waals surface area contributed by atoms with E-state index in [1.54, 1.807) is 0 Å². The minimum absolute atomic E-state index is 0.286. The van der Waals surface area contributed by atoms with Crippen molar-refractivity contribution in [3.8, 4) is 0 Å². The van der Waals surface area contributed by atoms with Gasteiger partial charge in [-0.05, 0) is 30.3 Å². The largest absolute Gasteiger partial charge is 0.480 e. The Morgan fingerprint density at radius 3 is 2.24 bits per heavy atom. The van der Waals surface area contributed by atoms with Gasteiger partial charge in [-0.2, -0.15) is 0 Å². The smallest absolute Gasteiger partial charge is 0.451 e. The summed E-state index contributed by atoms with van der Waals surface area (Å²) in [6, 6.07) is 6.41. The van der Waals surface area contributed by atoms with Gasteiger partial charge in [-0.15, -0.1) is 0 Å². The van der Waals surface area contributed by atoms with Gasteiger partial charge in [-0.3, -0.25) is 4.79 Å². The van der Waals surface area contributed by atoms with E-state index in [1.807, 2.05) is 24.3 Å². The first-order valence-electron chi connectivity index (χ1n) is 5.41. The van der Waals surface area contributed by atoms with Gasteiger partial charge in [0.15, 0.2) is 0 Å². The third kappa shape index (κ3) is 4.99. The molecule has 5 nitrogen and oxygen atoms in total. The van der Waals surface area contributed by atoms with Crippen molar-refractivity contribution in [2.75, 3.05) is 0 Å². The van der Waals surface area contributed by atoms with Crippen LogP contribution in [0.2, 0.25) is 6.32 Å². The number of aliphatic carboxylic acids is 1. The molecule has 0 spiro atoms. The summed E-state index contributed by atoms with van der Waals surface area (Å²) in [5.41, 5.74) is 7.25. The topological polar surface area (TPSA) is 104 Å². The Hall–Kier alpha value is -1.37. The van der Waals surface area contributed by atoms with Gasteiger partial charge in [-0.25, -0.2) is 0 Å². The van der Waals surface area contributed by atoms with Crippen LogP contribution in [0.1, 0.15) is 11.1 Å². The summed E-state index contributed by atoms with van der Waals surface area (Å²) in [6.45, 7) is 0. The van der Waals surface area contributed by atoms with E-state index in [1.165, 1.54) is 0 Å². The molecular formula is C11H16BNO4. The normalized spacial score (nSPS) is 12.2. The molecule has 0 saturated heterocycles. The molecule has 0 amide bonds. The lowest BCUT2D eigenvalue weighted by atomic mass is 9.82. The molecule has 0 aliphatic heterocycles. The molecule has 92 valence electrons. The lowest BCUT2D eigenvalue weighted by molar-refractivity contribution is -0.138. The summed E-state index contributed by atoms with van der Waals surface area (Å²) >= 11 is 0. The molecule has 1 atom stereocenters. The monoisotopic (exact) mass is 237 g/mol. The molecule has 6 heteroatoms. The van der Waals surface area contributed by atoms with Gasteiger partial charge in [0.1, 0.15) is 6.04 Å². The first kappa shape index (κ1) is 13.7. The highest BCUT2D eigenvalue weighted by atomic mass is 16.4. The molecule has 17 heavy (non-hydrogen) atoms. The number of carboxylic acid groups (broad SMARTS) is 1. The van der Waals surface area contributed by atoms with Crippen molar-refractivity contribution < 1.29 is 19.9 Å². The maximum Gasteiger partial charge on any atom is 0.451 e. The molecule has 1 aromatic rings. The molecule has 0 fully saturated rings. The van der Waals surface area contributed by atoms with E-state index in [9.17, 15) is 4.79 Å². The van der Waals surface area contributed by atoms with Crippen molar-refractivity contribution in [1.29, 1.82) is 0 Å². The standard InChI is InChI=1S/C11H16BNO4/c13-10(11(14)15)7-9-3-1-8(2-4-9)5-6-12(16)17/h1-4,10,16-17H,5-7,13H2,(H,14,15)/t10-/m0/s1. The highest BCUT2D eigenvalue weighted by Crippen LogP contribution is 2.09. The summed E-state index contributed by atoms with van der Waals surface area (Å²) in [5.74, 6) is -1.02. The molecule has 0 aliphatic carbocycles. The Balaban J connectivity index is 2.53. The van der Waals surface area contributed by atoms with E-state index in [0.29, 0.717) is 6.42 Å². The van der Waals surface area contributed by atoms with Gasteiger partial charge >= 0.3 is 13.1 Å². The second-order valence-corrected chi connectivity index (χ2v) is 3.98. The van der Waals surface area contributed by atoms with Crippen molar-refractivity contribution in [3.05, 3.63) is 35.4 Å². The van der Waals surface area contributed by atoms with Crippen molar-refractivity contribution in [3.63, 3.8) is 0 Å². The van der Waals surface area contributed by atoms with Crippen LogP contribution < -0.4 is 5.73 Å². The zero-order valence-electron chi connectivity index (χ0n) is 9.41. The van der Waals surface area contributed by atoms with E-state index >= 15 is 0 Å². The quantitative estimate of drug-likeness (QED) is 0.506. The Morgan fingerprint density at radius 2 is 1.76 bits per heavy atom. The number of benzene rings is 1. The van der Waals surface area contributed by atoms with Gasteiger partial charge in [-0.1, -0.05) is 24.3 Å². The van der Waals surface area contributed by atoms with Crippen LogP contribution in [-0.2, 0) is 17.6 Å². The lowest BCUT2D eigenvalue weighted by Crippen LogP contribution is -2.32. The predicted octanol–water partition coefficient (Wildman–Crippen LogP) is -0.344. The fraction of sp³-hybridized carbons (Fsp3) is 0.364. The van der Waals surface area contributed by atoms with E-state index in [2.05, 4.69) is 0 Å². The molecule has 0 bridgehead atoms. The van der Waals surface area contributed by atoms with E-state index < -0.39 is 19.1 Å². The Morgan fingerprint density at radius 1 is 1.24 bits per heavy atom. The van der Waals surface area contributed by atoms with Crippen molar-refractivity contribution >= 4 is 13.1 Å². The molecular weight excluding hydrogens is 221 g/mol. The predicted molar refractivity (Wildman–Crippen MR) is 64.5 cm³/mol. The Kier molecular flexibility index (Phi) is 5.15. The average Bonchev–Trinajstić information content (AvgIpc) is 2.28. The Bertz CT molecular complexity index is 366. The maximum atomic E-state index is 10.6. The molecule has 0 saturated carbocycles. The summed E-state index contributed by atoms with van der Waals surface area (Å²) in [6.07, 6.45) is 1.15. The zero-order valence-corrected chi connectivity index (χ0v) is 9.41. The van der Waals surface area contributed by atoms with Crippen molar-refractivity contribution in [2.24, 2.45) is 5.73 Å². The van der Waals surface area contributed by atoms with Crippen LogP contribution >= 0.6 is 0 Å². The number of carboxylic acids is 1. The maximum absolute atomic E-state index is 10.6. The average molecular weight is 237 g/mol. The number of hydrogen-bond donors (Lipinski definition) is 4. The van der Waals surface area contributed by atoms with Crippen LogP contribution in [0.15, 0.2) is 24.3 Å². The molecule has 0 unspecified atom stereocenters. The summed E-state index contributed by atoms with van der Waals surface area (Å²) in [5, 5.41) is 26.1. The van der Waals surface area contributed by atoms with Crippen LogP contribution in [0.5, 0.6) is 0 Å². The molecule has 5 N–H and O–H groups in total. The van der Waals surface area contributed by atoms with E-state index in [0.717, 1.165) is 11.1 Å². The fourth-order valence-corrected chi connectivity index (χ4v) is 1.48. The third-order valence-corrected chi connectivity index (χ3v) is 2.49. The van der Waals surface area contributed by atoms with Crippen LogP contribution in [0.4, 0.5) is 0 Å². The lowest BCUT2D eigenvalue weighted by Gasteiger charge is -2.07. The number of rotatable bonds is 6. The SMILES string of the molecule is N[C@@H](Cc1ccc(CCB(O)O)cc1)C(=O)O. The van der Waals surface area contributed by atoms with Gasteiger partial charge in [0.05, 0.1) is 0 Å². The summed E-state index contributed by atoms with van der Waals surface area (Å²) in [7, 11) is -1.30. The van der Waals surface area contributed by atoms with Crippen molar-refractivity contribution in [2.45, 2.75) is 25.2 Å². The van der Waals surface area contributed by atoms with Gasteiger partial charge in [0.25, 0.3) is 0 Å².